The molecule has 0 radical (unpaired) electrons. The lowest BCUT2D eigenvalue weighted by Gasteiger charge is -2.41. The standard InChI is InChI=1S/C23H26N4O3/c1-25-21(28)19(16-24-23(25)30)22(29)27-14-12-26(13-15-27)20(17-8-4-2-5-9-17)18-10-6-3-7-11-18/h2-11,19-20H,12-16H2,1H3,(H,24,30). The molecule has 0 aliphatic carbocycles. The molecule has 2 aromatic carbocycles. The van der Waals surface area contributed by atoms with Crippen LogP contribution >= 0.6 is 0 Å². The zero-order valence-corrected chi connectivity index (χ0v) is 17.0. The summed E-state index contributed by atoms with van der Waals surface area (Å²) in [6.45, 7) is 2.59. The molecule has 0 spiro atoms. The van der Waals surface area contributed by atoms with E-state index in [0.29, 0.717) is 26.2 Å². The van der Waals surface area contributed by atoms with Gasteiger partial charge < -0.3 is 10.2 Å². The van der Waals surface area contributed by atoms with Gasteiger partial charge in [-0.15, -0.1) is 0 Å². The van der Waals surface area contributed by atoms with Gasteiger partial charge in [0, 0.05) is 39.8 Å². The van der Waals surface area contributed by atoms with Crippen molar-refractivity contribution in [2.45, 2.75) is 6.04 Å². The minimum absolute atomic E-state index is 0.0672. The van der Waals surface area contributed by atoms with Gasteiger partial charge in [-0.05, 0) is 11.1 Å². The summed E-state index contributed by atoms with van der Waals surface area (Å²) in [5, 5.41) is 2.61. The topological polar surface area (TPSA) is 73.0 Å². The van der Waals surface area contributed by atoms with Crippen LogP contribution < -0.4 is 5.32 Å². The number of urea groups is 1. The highest BCUT2D eigenvalue weighted by Gasteiger charge is 2.39. The summed E-state index contributed by atoms with van der Waals surface area (Å²) in [7, 11) is 1.40. The van der Waals surface area contributed by atoms with Crippen LogP contribution in [0, 0.1) is 5.92 Å². The lowest BCUT2D eigenvalue weighted by molar-refractivity contribution is -0.147. The number of hydrogen-bond donors (Lipinski definition) is 1. The summed E-state index contributed by atoms with van der Waals surface area (Å²) in [6.07, 6.45) is 0. The second-order valence-corrected chi connectivity index (χ2v) is 7.72. The predicted molar refractivity (Wildman–Crippen MR) is 113 cm³/mol. The maximum atomic E-state index is 12.9. The molecule has 7 nitrogen and oxygen atoms in total. The van der Waals surface area contributed by atoms with Crippen LogP contribution in [0.1, 0.15) is 17.2 Å². The largest absolute Gasteiger partial charge is 0.339 e. The fourth-order valence-corrected chi connectivity index (χ4v) is 4.23. The van der Waals surface area contributed by atoms with E-state index in [4.69, 9.17) is 0 Å². The quantitative estimate of drug-likeness (QED) is 0.785. The third-order valence-electron chi connectivity index (χ3n) is 5.91. The molecule has 2 aromatic rings. The van der Waals surface area contributed by atoms with Crippen molar-refractivity contribution in [3.8, 4) is 0 Å². The highest BCUT2D eigenvalue weighted by atomic mass is 16.2. The number of nitrogens with zero attached hydrogens (tertiary/aromatic N) is 3. The SMILES string of the molecule is CN1C(=O)NCC(C(=O)N2CCN(C(c3ccccc3)c3ccccc3)CC2)C1=O. The Bertz CT molecular complexity index is 871. The van der Waals surface area contributed by atoms with Crippen molar-refractivity contribution < 1.29 is 14.4 Å². The summed E-state index contributed by atoms with van der Waals surface area (Å²) in [5.41, 5.74) is 2.44. The van der Waals surface area contributed by atoms with Crippen LogP contribution in [0.5, 0.6) is 0 Å². The number of imide groups is 1. The Morgan fingerprint density at radius 3 is 1.97 bits per heavy atom. The molecular weight excluding hydrogens is 380 g/mol. The van der Waals surface area contributed by atoms with Gasteiger partial charge in [-0.1, -0.05) is 60.7 Å². The smallest absolute Gasteiger partial charge is 0.323 e. The molecule has 156 valence electrons. The summed E-state index contributed by atoms with van der Waals surface area (Å²) < 4.78 is 0. The number of nitrogens with one attached hydrogen (secondary N) is 1. The molecule has 2 aliphatic heterocycles. The average Bonchev–Trinajstić information content (AvgIpc) is 2.79. The van der Waals surface area contributed by atoms with Crippen molar-refractivity contribution in [1.29, 1.82) is 0 Å². The van der Waals surface area contributed by atoms with Crippen LogP contribution in [0.4, 0.5) is 4.79 Å². The van der Waals surface area contributed by atoms with Gasteiger partial charge in [-0.3, -0.25) is 19.4 Å². The second-order valence-electron chi connectivity index (χ2n) is 7.72. The number of piperazine rings is 1. The Labute approximate surface area is 176 Å². The molecule has 4 amide bonds. The summed E-state index contributed by atoms with van der Waals surface area (Å²) in [5.74, 6) is -1.47. The monoisotopic (exact) mass is 406 g/mol. The zero-order valence-electron chi connectivity index (χ0n) is 17.0. The Morgan fingerprint density at radius 2 is 1.43 bits per heavy atom. The third-order valence-corrected chi connectivity index (χ3v) is 5.91. The normalized spacial score (nSPS) is 20.4. The highest BCUT2D eigenvalue weighted by molar-refractivity contribution is 6.08. The maximum absolute atomic E-state index is 12.9. The Morgan fingerprint density at radius 1 is 0.900 bits per heavy atom. The predicted octanol–water partition coefficient (Wildman–Crippen LogP) is 1.72. The summed E-state index contributed by atoms with van der Waals surface area (Å²) in [4.78, 5) is 42.0. The van der Waals surface area contributed by atoms with Crippen LogP contribution in [0.2, 0.25) is 0 Å². The van der Waals surface area contributed by atoms with Gasteiger partial charge in [0.15, 0.2) is 0 Å². The van der Waals surface area contributed by atoms with E-state index >= 15 is 0 Å². The molecule has 1 N–H and O–H groups in total. The average molecular weight is 406 g/mol. The minimum atomic E-state index is -0.835. The number of amides is 4. The minimum Gasteiger partial charge on any atom is -0.339 e. The molecule has 4 rings (SSSR count). The first-order chi connectivity index (χ1) is 14.6. The first-order valence-electron chi connectivity index (χ1n) is 10.2. The van der Waals surface area contributed by atoms with Gasteiger partial charge >= 0.3 is 6.03 Å². The van der Waals surface area contributed by atoms with Gasteiger partial charge in [-0.2, -0.15) is 0 Å². The van der Waals surface area contributed by atoms with E-state index in [1.807, 2.05) is 36.4 Å². The Balaban J connectivity index is 1.47. The third kappa shape index (κ3) is 3.93. The number of carbonyl (C=O) groups excluding carboxylic acids is 3. The van der Waals surface area contributed by atoms with Gasteiger partial charge in [-0.25, -0.2) is 4.79 Å². The van der Waals surface area contributed by atoms with Gasteiger partial charge in [0.05, 0.1) is 6.04 Å². The number of carbonyl (C=O) groups is 3. The van der Waals surface area contributed by atoms with Crippen LogP contribution in [0.25, 0.3) is 0 Å². The lowest BCUT2D eigenvalue weighted by Crippen LogP contribution is -2.59. The maximum Gasteiger partial charge on any atom is 0.323 e. The van der Waals surface area contributed by atoms with Crippen LogP contribution in [-0.2, 0) is 9.59 Å². The van der Waals surface area contributed by atoms with Crippen molar-refractivity contribution in [1.82, 2.24) is 20.0 Å². The Hall–Kier alpha value is -3.19. The van der Waals surface area contributed by atoms with E-state index < -0.39 is 17.9 Å². The van der Waals surface area contributed by atoms with E-state index in [1.54, 1.807) is 4.90 Å². The van der Waals surface area contributed by atoms with Crippen molar-refractivity contribution in [2.24, 2.45) is 5.92 Å². The Kier molecular flexibility index (Phi) is 5.81. The van der Waals surface area contributed by atoms with Crippen LogP contribution in [-0.4, -0.2) is 72.3 Å². The molecule has 1 unspecified atom stereocenters. The molecule has 1 atom stereocenters. The van der Waals surface area contributed by atoms with Gasteiger partial charge in [0.25, 0.3) is 0 Å². The summed E-state index contributed by atoms with van der Waals surface area (Å²) in [6, 6.07) is 20.4. The molecule has 2 fully saturated rings. The molecule has 0 aromatic heterocycles. The van der Waals surface area contributed by atoms with E-state index in [2.05, 4.69) is 34.5 Å². The number of benzene rings is 2. The molecule has 7 heteroatoms. The van der Waals surface area contributed by atoms with E-state index in [-0.39, 0.29) is 18.5 Å². The van der Waals surface area contributed by atoms with E-state index in [0.717, 1.165) is 4.90 Å². The van der Waals surface area contributed by atoms with Crippen LogP contribution in [0.15, 0.2) is 60.7 Å². The number of rotatable bonds is 4. The second kappa shape index (κ2) is 8.67. The first-order valence-corrected chi connectivity index (χ1v) is 10.2. The molecule has 2 heterocycles. The fraction of sp³-hybridized carbons (Fsp3) is 0.348. The molecule has 0 saturated carbocycles. The highest BCUT2D eigenvalue weighted by Crippen LogP contribution is 2.29. The van der Waals surface area contributed by atoms with Crippen molar-refractivity contribution in [2.75, 3.05) is 39.8 Å². The van der Waals surface area contributed by atoms with Crippen molar-refractivity contribution in [3.63, 3.8) is 0 Å². The molecule has 30 heavy (non-hydrogen) atoms. The van der Waals surface area contributed by atoms with Gasteiger partial charge in [0.2, 0.25) is 11.8 Å². The molecule has 2 saturated heterocycles. The van der Waals surface area contributed by atoms with E-state index in [9.17, 15) is 14.4 Å². The van der Waals surface area contributed by atoms with Gasteiger partial charge in [0.1, 0.15) is 5.92 Å². The first kappa shape index (κ1) is 20.1. The lowest BCUT2D eigenvalue weighted by atomic mass is 9.96. The number of hydrogen-bond acceptors (Lipinski definition) is 4. The fourth-order valence-electron chi connectivity index (χ4n) is 4.23. The molecule has 2 aliphatic rings. The molecule has 0 bridgehead atoms. The van der Waals surface area contributed by atoms with E-state index in [1.165, 1.54) is 18.2 Å². The summed E-state index contributed by atoms with van der Waals surface area (Å²) >= 11 is 0. The van der Waals surface area contributed by atoms with Crippen molar-refractivity contribution >= 4 is 17.8 Å². The van der Waals surface area contributed by atoms with Crippen molar-refractivity contribution in [3.05, 3.63) is 71.8 Å². The van der Waals surface area contributed by atoms with Crippen LogP contribution in [0.3, 0.4) is 0 Å². The molecular formula is C23H26N4O3. The zero-order chi connectivity index (χ0) is 21.1.